The molecule has 130 valence electrons. The Morgan fingerprint density at radius 2 is 1.76 bits per heavy atom. The van der Waals surface area contributed by atoms with Gasteiger partial charge in [-0.3, -0.25) is 9.80 Å². The van der Waals surface area contributed by atoms with Crippen molar-refractivity contribution >= 4 is 5.97 Å². The van der Waals surface area contributed by atoms with Crippen LogP contribution >= 0.6 is 0 Å². The number of carbonyl (C=O) groups excluding carboxylic acids is 1. The van der Waals surface area contributed by atoms with Crippen molar-refractivity contribution in [2.24, 2.45) is 0 Å². The van der Waals surface area contributed by atoms with Gasteiger partial charge >= 0.3 is 5.97 Å². The van der Waals surface area contributed by atoms with Crippen molar-refractivity contribution in [1.29, 1.82) is 5.26 Å². The number of hydrogen-bond acceptors (Lipinski definition) is 6. The van der Waals surface area contributed by atoms with E-state index in [0.29, 0.717) is 23.4 Å². The molecule has 0 spiro atoms. The minimum absolute atomic E-state index is 0.358. The van der Waals surface area contributed by atoms with Crippen LogP contribution in [0, 0.1) is 11.3 Å². The highest BCUT2D eigenvalue weighted by Crippen LogP contribution is 2.16. The van der Waals surface area contributed by atoms with Gasteiger partial charge in [-0.15, -0.1) is 0 Å². The average Bonchev–Trinajstić information content (AvgIpc) is 3.11. The van der Waals surface area contributed by atoms with Crippen molar-refractivity contribution in [3.05, 3.63) is 59.0 Å². The van der Waals surface area contributed by atoms with E-state index in [-0.39, 0.29) is 5.97 Å². The van der Waals surface area contributed by atoms with E-state index in [1.54, 1.807) is 6.07 Å². The number of esters is 1. The normalized spacial score (nSPS) is 15.7. The molecule has 1 aromatic carbocycles. The molecule has 1 aliphatic heterocycles. The standard InChI is InChI=1S/C19H21N3O3/c1-24-19(23)17-6-11-25-18(17)14-22-9-7-21(8-10-22)13-16-4-2-15(12-20)3-5-16/h2-6,11H,7-10,13-14H2,1H3. The van der Waals surface area contributed by atoms with Crippen LogP contribution in [0.4, 0.5) is 0 Å². The monoisotopic (exact) mass is 339 g/mol. The third-order valence-corrected chi connectivity index (χ3v) is 4.47. The van der Waals surface area contributed by atoms with Crippen LogP contribution in [-0.2, 0) is 17.8 Å². The maximum Gasteiger partial charge on any atom is 0.341 e. The average molecular weight is 339 g/mol. The smallest absolute Gasteiger partial charge is 0.341 e. The van der Waals surface area contributed by atoms with E-state index in [1.807, 2.05) is 24.3 Å². The fraction of sp³-hybridized carbons (Fsp3) is 0.368. The second-order valence-electron chi connectivity index (χ2n) is 6.11. The van der Waals surface area contributed by atoms with Crippen molar-refractivity contribution in [2.75, 3.05) is 33.3 Å². The number of methoxy groups -OCH3 is 1. The summed E-state index contributed by atoms with van der Waals surface area (Å²) in [5, 5.41) is 8.85. The van der Waals surface area contributed by atoms with E-state index < -0.39 is 0 Å². The van der Waals surface area contributed by atoms with Gasteiger partial charge in [0.15, 0.2) is 0 Å². The molecule has 0 aliphatic carbocycles. The molecule has 6 nitrogen and oxygen atoms in total. The molecule has 2 heterocycles. The van der Waals surface area contributed by atoms with Crippen LogP contribution in [-0.4, -0.2) is 49.1 Å². The van der Waals surface area contributed by atoms with Gasteiger partial charge in [0.2, 0.25) is 0 Å². The zero-order valence-electron chi connectivity index (χ0n) is 14.3. The number of piperazine rings is 1. The van der Waals surface area contributed by atoms with Gasteiger partial charge in [-0.2, -0.15) is 5.26 Å². The Kier molecular flexibility index (Phi) is 5.49. The molecular weight excluding hydrogens is 318 g/mol. The van der Waals surface area contributed by atoms with Gasteiger partial charge in [0.1, 0.15) is 11.3 Å². The minimum atomic E-state index is -0.358. The fourth-order valence-corrected chi connectivity index (χ4v) is 3.01. The molecule has 6 heteroatoms. The number of hydrogen-bond donors (Lipinski definition) is 0. The van der Waals surface area contributed by atoms with Crippen LogP contribution in [0.5, 0.6) is 0 Å². The number of furan rings is 1. The number of carbonyl (C=O) groups is 1. The van der Waals surface area contributed by atoms with Crippen LogP contribution in [0.3, 0.4) is 0 Å². The third kappa shape index (κ3) is 4.27. The highest BCUT2D eigenvalue weighted by Gasteiger charge is 2.21. The van der Waals surface area contributed by atoms with Crippen LogP contribution in [0.2, 0.25) is 0 Å². The molecule has 1 aromatic heterocycles. The lowest BCUT2D eigenvalue weighted by atomic mass is 10.1. The molecule has 0 bridgehead atoms. The molecule has 0 atom stereocenters. The number of rotatable bonds is 5. The lowest BCUT2D eigenvalue weighted by molar-refractivity contribution is 0.0594. The second kappa shape index (κ2) is 7.97. The van der Waals surface area contributed by atoms with Gasteiger partial charge in [0.25, 0.3) is 0 Å². The first-order valence-electron chi connectivity index (χ1n) is 8.28. The molecular formula is C19H21N3O3. The zero-order chi connectivity index (χ0) is 17.6. The summed E-state index contributed by atoms with van der Waals surface area (Å²) in [5.74, 6) is 0.301. The molecule has 3 rings (SSSR count). The quantitative estimate of drug-likeness (QED) is 0.778. The maximum absolute atomic E-state index is 11.7. The Hall–Kier alpha value is -2.62. The zero-order valence-corrected chi connectivity index (χ0v) is 14.3. The first kappa shape index (κ1) is 17.2. The lowest BCUT2D eigenvalue weighted by Crippen LogP contribution is -2.45. The van der Waals surface area contributed by atoms with Crippen molar-refractivity contribution in [1.82, 2.24) is 9.80 Å². The number of ether oxygens (including phenoxy) is 1. The largest absolute Gasteiger partial charge is 0.467 e. The summed E-state index contributed by atoms with van der Waals surface area (Å²) in [7, 11) is 1.38. The molecule has 25 heavy (non-hydrogen) atoms. The predicted octanol–water partition coefficient (Wildman–Crippen LogP) is 2.26. The number of nitrogens with zero attached hydrogens (tertiary/aromatic N) is 3. The summed E-state index contributed by atoms with van der Waals surface area (Å²) in [5.41, 5.74) is 2.41. The highest BCUT2D eigenvalue weighted by molar-refractivity contribution is 5.90. The summed E-state index contributed by atoms with van der Waals surface area (Å²) >= 11 is 0. The second-order valence-corrected chi connectivity index (χ2v) is 6.11. The SMILES string of the molecule is COC(=O)c1ccoc1CN1CCN(Cc2ccc(C#N)cc2)CC1. The van der Waals surface area contributed by atoms with E-state index in [9.17, 15) is 4.79 Å². The first-order chi connectivity index (χ1) is 12.2. The molecule has 1 saturated heterocycles. The molecule has 1 fully saturated rings. The van der Waals surface area contributed by atoms with Crippen molar-refractivity contribution < 1.29 is 13.9 Å². The van der Waals surface area contributed by atoms with Crippen LogP contribution < -0.4 is 0 Å². The van der Waals surface area contributed by atoms with Gasteiger partial charge < -0.3 is 9.15 Å². The molecule has 2 aromatic rings. The van der Waals surface area contributed by atoms with Crippen LogP contribution in [0.1, 0.15) is 27.2 Å². The van der Waals surface area contributed by atoms with E-state index >= 15 is 0 Å². The van der Waals surface area contributed by atoms with E-state index in [4.69, 9.17) is 14.4 Å². The van der Waals surface area contributed by atoms with E-state index in [2.05, 4.69) is 15.9 Å². The maximum atomic E-state index is 11.7. The summed E-state index contributed by atoms with van der Waals surface area (Å²) in [6, 6.07) is 11.5. The Morgan fingerprint density at radius 3 is 2.36 bits per heavy atom. The molecule has 0 amide bonds. The molecule has 0 N–H and O–H groups in total. The van der Waals surface area contributed by atoms with Crippen LogP contribution in [0.25, 0.3) is 0 Å². The van der Waals surface area contributed by atoms with E-state index in [1.165, 1.54) is 18.9 Å². The van der Waals surface area contributed by atoms with Gasteiger partial charge in [0, 0.05) is 32.7 Å². The summed E-state index contributed by atoms with van der Waals surface area (Å²) < 4.78 is 10.2. The minimum Gasteiger partial charge on any atom is -0.467 e. The van der Waals surface area contributed by atoms with Crippen LogP contribution in [0.15, 0.2) is 41.0 Å². The fourth-order valence-electron chi connectivity index (χ4n) is 3.01. The van der Waals surface area contributed by atoms with Crippen molar-refractivity contribution in [3.63, 3.8) is 0 Å². The molecule has 0 unspecified atom stereocenters. The third-order valence-electron chi connectivity index (χ3n) is 4.47. The van der Waals surface area contributed by atoms with E-state index in [0.717, 1.165) is 32.7 Å². The van der Waals surface area contributed by atoms with Gasteiger partial charge in [-0.25, -0.2) is 4.79 Å². The topological polar surface area (TPSA) is 69.7 Å². The number of nitriles is 1. The summed E-state index contributed by atoms with van der Waals surface area (Å²) in [6.07, 6.45) is 1.53. The van der Waals surface area contributed by atoms with Crippen molar-refractivity contribution in [2.45, 2.75) is 13.1 Å². The Balaban J connectivity index is 1.51. The predicted molar refractivity (Wildman–Crippen MR) is 91.8 cm³/mol. The van der Waals surface area contributed by atoms with Gasteiger partial charge in [0.05, 0.1) is 31.6 Å². The van der Waals surface area contributed by atoms with Crippen molar-refractivity contribution in [3.8, 4) is 6.07 Å². The van der Waals surface area contributed by atoms with Gasteiger partial charge in [-0.1, -0.05) is 12.1 Å². The summed E-state index contributed by atoms with van der Waals surface area (Å²) in [6.45, 7) is 5.23. The first-order valence-corrected chi connectivity index (χ1v) is 8.28. The Labute approximate surface area is 147 Å². The van der Waals surface area contributed by atoms with Gasteiger partial charge in [-0.05, 0) is 23.8 Å². The number of benzene rings is 1. The molecule has 1 aliphatic rings. The highest BCUT2D eigenvalue weighted by atomic mass is 16.5. The molecule has 0 saturated carbocycles. The summed E-state index contributed by atoms with van der Waals surface area (Å²) in [4.78, 5) is 16.4. The molecule has 0 radical (unpaired) electrons. The Bertz CT molecular complexity index is 753. The Morgan fingerprint density at radius 1 is 1.12 bits per heavy atom. The lowest BCUT2D eigenvalue weighted by Gasteiger charge is -2.34.